The molecule has 6 heteroatoms. The SMILES string of the molecule is CB(O)Nc1cc(C)c(C)cc1C(=O)N1C=C(C)C[C@H]1CO. The van der Waals surface area contributed by atoms with E-state index in [1.54, 1.807) is 17.9 Å². The zero-order chi connectivity index (χ0) is 16.4. The van der Waals surface area contributed by atoms with Crippen molar-refractivity contribution >= 4 is 18.6 Å². The summed E-state index contributed by atoms with van der Waals surface area (Å²) in [6.07, 6.45) is 2.48. The molecule has 5 nitrogen and oxygen atoms in total. The zero-order valence-electron chi connectivity index (χ0n) is 13.6. The molecule has 1 aliphatic rings. The molecule has 1 atom stereocenters. The topological polar surface area (TPSA) is 72.8 Å². The Morgan fingerprint density at radius 1 is 1.36 bits per heavy atom. The van der Waals surface area contributed by atoms with Crippen LogP contribution in [0.25, 0.3) is 0 Å². The predicted octanol–water partition coefficient (Wildman–Crippen LogP) is 1.94. The lowest BCUT2D eigenvalue weighted by Gasteiger charge is -2.24. The molecule has 0 aromatic heterocycles. The molecule has 22 heavy (non-hydrogen) atoms. The van der Waals surface area contributed by atoms with Crippen molar-refractivity contribution in [2.45, 2.75) is 40.1 Å². The van der Waals surface area contributed by atoms with E-state index < -0.39 is 7.05 Å². The Labute approximate surface area is 131 Å². The van der Waals surface area contributed by atoms with E-state index in [2.05, 4.69) is 5.23 Å². The Hall–Kier alpha value is -1.79. The summed E-state index contributed by atoms with van der Waals surface area (Å²) in [5.74, 6) is -0.165. The monoisotopic (exact) mass is 302 g/mol. The summed E-state index contributed by atoms with van der Waals surface area (Å²) in [7, 11) is -0.752. The van der Waals surface area contributed by atoms with E-state index in [4.69, 9.17) is 0 Å². The molecule has 1 aromatic rings. The molecule has 1 heterocycles. The van der Waals surface area contributed by atoms with Crippen molar-refractivity contribution < 1.29 is 14.9 Å². The van der Waals surface area contributed by atoms with Gasteiger partial charge in [0, 0.05) is 11.9 Å². The highest BCUT2D eigenvalue weighted by Crippen LogP contribution is 2.28. The summed E-state index contributed by atoms with van der Waals surface area (Å²) >= 11 is 0. The van der Waals surface area contributed by atoms with Crippen LogP contribution in [0, 0.1) is 13.8 Å². The maximum atomic E-state index is 12.9. The highest BCUT2D eigenvalue weighted by Gasteiger charge is 2.29. The first-order valence-corrected chi connectivity index (χ1v) is 7.50. The highest BCUT2D eigenvalue weighted by molar-refractivity contribution is 6.53. The van der Waals surface area contributed by atoms with Gasteiger partial charge in [0.05, 0.1) is 18.2 Å². The average molecular weight is 302 g/mol. The first kappa shape index (κ1) is 16.6. The van der Waals surface area contributed by atoms with Gasteiger partial charge in [-0.15, -0.1) is 0 Å². The predicted molar refractivity (Wildman–Crippen MR) is 88.8 cm³/mol. The summed E-state index contributed by atoms with van der Waals surface area (Å²) in [6.45, 7) is 7.41. The van der Waals surface area contributed by atoms with Crippen LogP contribution < -0.4 is 5.23 Å². The van der Waals surface area contributed by atoms with Crippen LogP contribution in [-0.4, -0.2) is 40.6 Å². The number of aryl methyl sites for hydroxylation is 2. The molecule has 0 fully saturated rings. The van der Waals surface area contributed by atoms with Crippen molar-refractivity contribution in [2.24, 2.45) is 0 Å². The first-order chi connectivity index (χ1) is 10.3. The van der Waals surface area contributed by atoms with Gasteiger partial charge < -0.3 is 20.3 Å². The number of amides is 1. The number of anilines is 1. The van der Waals surface area contributed by atoms with Crippen molar-refractivity contribution in [2.75, 3.05) is 11.8 Å². The quantitative estimate of drug-likeness (QED) is 0.743. The van der Waals surface area contributed by atoms with Gasteiger partial charge in [0.2, 0.25) is 0 Å². The van der Waals surface area contributed by atoms with E-state index in [9.17, 15) is 14.9 Å². The summed E-state index contributed by atoms with van der Waals surface area (Å²) in [5, 5.41) is 22.0. The third-order valence-electron chi connectivity index (χ3n) is 3.98. The van der Waals surface area contributed by atoms with Gasteiger partial charge in [-0.3, -0.25) is 4.79 Å². The number of nitrogens with zero attached hydrogens (tertiary/aromatic N) is 1. The maximum absolute atomic E-state index is 12.9. The van der Waals surface area contributed by atoms with Crippen molar-refractivity contribution in [3.05, 3.63) is 40.6 Å². The normalized spacial score (nSPS) is 17.5. The lowest BCUT2D eigenvalue weighted by Crippen LogP contribution is -2.36. The second-order valence-electron chi connectivity index (χ2n) is 6.03. The Kier molecular flexibility index (Phi) is 4.93. The van der Waals surface area contributed by atoms with Gasteiger partial charge in [-0.05, 0) is 57.3 Å². The second kappa shape index (κ2) is 6.54. The standard InChI is InChI=1S/C16H23BN2O3/c1-10-5-13(9-20)19(8-10)16(21)14-6-11(2)12(3)7-15(14)18-17(4)22/h6-8,13,18,20,22H,5,9H2,1-4H3/t13-/m0/s1. The number of rotatable bonds is 4. The van der Waals surface area contributed by atoms with E-state index >= 15 is 0 Å². The summed E-state index contributed by atoms with van der Waals surface area (Å²) in [6, 6.07) is 3.49. The lowest BCUT2D eigenvalue weighted by atomic mass is 9.87. The van der Waals surface area contributed by atoms with E-state index in [1.165, 1.54) is 0 Å². The van der Waals surface area contributed by atoms with Crippen molar-refractivity contribution in [1.82, 2.24) is 4.90 Å². The van der Waals surface area contributed by atoms with Crippen LogP contribution in [0.4, 0.5) is 5.69 Å². The average Bonchev–Trinajstić information content (AvgIpc) is 2.82. The van der Waals surface area contributed by atoms with Gasteiger partial charge in [0.1, 0.15) is 0 Å². The van der Waals surface area contributed by atoms with E-state index in [0.717, 1.165) is 16.7 Å². The van der Waals surface area contributed by atoms with Crippen LogP contribution in [0.1, 0.15) is 34.8 Å². The fourth-order valence-electron chi connectivity index (χ4n) is 2.72. The number of carbonyl (C=O) groups is 1. The fourth-order valence-corrected chi connectivity index (χ4v) is 2.72. The lowest BCUT2D eigenvalue weighted by molar-refractivity contribution is 0.0733. The maximum Gasteiger partial charge on any atom is 0.406 e. The molecule has 0 radical (unpaired) electrons. The largest absolute Gasteiger partial charge is 0.433 e. The molecule has 0 saturated heterocycles. The van der Waals surface area contributed by atoms with Crippen LogP contribution >= 0.6 is 0 Å². The molecule has 3 N–H and O–H groups in total. The van der Waals surface area contributed by atoms with Crippen LogP contribution in [0.2, 0.25) is 6.82 Å². The number of carbonyl (C=O) groups excluding carboxylic acids is 1. The first-order valence-electron chi connectivity index (χ1n) is 7.50. The van der Waals surface area contributed by atoms with E-state index in [0.29, 0.717) is 17.7 Å². The molecule has 1 aliphatic heterocycles. The summed E-state index contributed by atoms with van der Waals surface area (Å²) in [4.78, 5) is 14.5. The Bertz CT molecular complexity index is 614. The molecule has 0 saturated carbocycles. The van der Waals surface area contributed by atoms with E-state index in [-0.39, 0.29) is 18.6 Å². The molecule has 1 amide bonds. The van der Waals surface area contributed by atoms with Crippen molar-refractivity contribution in [3.63, 3.8) is 0 Å². The molecular weight excluding hydrogens is 279 g/mol. The van der Waals surface area contributed by atoms with Crippen LogP contribution in [0.3, 0.4) is 0 Å². The van der Waals surface area contributed by atoms with Crippen molar-refractivity contribution in [1.29, 1.82) is 0 Å². The minimum absolute atomic E-state index is 0.0659. The number of nitrogens with one attached hydrogen (secondary N) is 1. The van der Waals surface area contributed by atoms with E-state index in [1.807, 2.05) is 32.9 Å². The number of hydrogen-bond donors (Lipinski definition) is 3. The van der Waals surface area contributed by atoms with Gasteiger partial charge in [0.25, 0.3) is 5.91 Å². The van der Waals surface area contributed by atoms with Gasteiger partial charge in [-0.2, -0.15) is 0 Å². The number of aliphatic hydroxyl groups excluding tert-OH is 1. The second-order valence-corrected chi connectivity index (χ2v) is 6.03. The van der Waals surface area contributed by atoms with Crippen LogP contribution in [0.5, 0.6) is 0 Å². The molecule has 0 aliphatic carbocycles. The smallest absolute Gasteiger partial charge is 0.406 e. The Balaban J connectivity index is 2.42. The highest BCUT2D eigenvalue weighted by atomic mass is 16.3. The van der Waals surface area contributed by atoms with Gasteiger partial charge in [0.15, 0.2) is 0 Å². The summed E-state index contributed by atoms with van der Waals surface area (Å²) < 4.78 is 0. The third kappa shape index (κ3) is 3.34. The van der Waals surface area contributed by atoms with Crippen LogP contribution in [0.15, 0.2) is 23.9 Å². The minimum Gasteiger partial charge on any atom is -0.433 e. The molecule has 0 unspecified atom stereocenters. The van der Waals surface area contributed by atoms with Gasteiger partial charge in [-0.1, -0.05) is 5.57 Å². The molecule has 1 aromatic carbocycles. The van der Waals surface area contributed by atoms with Gasteiger partial charge >= 0.3 is 7.05 Å². The summed E-state index contributed by atoms with van der Waals surface area (Å²) in [5.41, 5.74) is 4.25. The van der Waals surface area contributed by atoms with Gasteiger partial charge in [-0.25, -0.2) is 0 Å². The zero-order valence-corrected chi connectivity index (χ0v) is 13.6. The Morgan fingerprint density at radius 3 is 2.59 bits per heavy atom. The number of benzene rings is 1. The van der Waals surface area contributed by atoms with Crippen molar-refractivity contribution in [3.8, 4) is 0 Å². The Morgan fingerprint density at radius 2 is 2.00 bits per heavy atom. The molecule has 2 rings (SSSR count). The molecule has 0 spiro atoms. The third-order valence-corrected chi connectivity index (χ3v) is 3.98. The fraction of sp³-hybridized carbons (Fsp3) is 0.438. The molecule has 0 bridgehead atoms. The number of aliphatic hydroxyl groups is 1. The molecule has 118 valence electrons. The molecular formula is C16H23BN2O3. The minimum atomic E-state index is -0.752. The van der Waals surface area contributed by atoms with Crippen LogP contribution in [-0.2, 0) is 0 Å². The number of hydrogen-bond acceptors (Lipinski definition) is 4.